The summed E-state index contributed by atoms with van der Waals surface area (Å²) in [5.41, 5.74) is 2.22. The Labute approximate surface area is 296 Å². The smallest absolute Gasteiger partial charge is 0.453 e. The number of anilines is 2. The number of aryl methyl sites for hydroxylation is 2. The Morgan fingerprint density at radius 2 is 1.67 bits per heavy atom. The number of fused-ring (bicyclic) bond motifs is 1. The number of nitrogens with one attached hydrogen (secondary N) is 1. The van der Waals surface area contributed by atoms with Gasteiger partial charge < -0.3 is 34.4 Å². The Balaban J connectivity index is 0.000000321. The molecule has 286 valence electrons. The predicted octanol–water partition coefficient (Wildman–Crippen LogP) is 3.08. The summed E-state index contributed by atoms with van der Waals surface area (Å²) in [6.07, 6.45) is -5.29. The van der Waals surface area contributed by atoms with Crippen LogP contribution in [-0.2, 0) is 22.5 Å². The SMILES string of the molecule is CC(C)=C(CCC(F)(F)C(F)(F)F)NC=O.CCc1c(N2CCN(C(=O)c3ncnc(C)c3O)CC2)c(=O)n2nc(N3CCOCC3)nc2n1CC. The Morgan fingerprint density at radius 3 is 2.23 bits per heavy atom. The van der Waals surface area contributed by atoms with Crippen LogP contribution in [0.4, 0.5) is 33.6 Å². The van der Waals surface area contributed by atoms with Crippen molar-refractivity contribution in [2.75, 3.05) is 62.3 Å². The molecule has 2 saturated heterocycles. The lowest BCUT2D eigenvalue weighted by atomic mass is 10.1. The van der Waals surface area contributed by atoms with E-state index < -0.39 is 24.9 Å². The van der Waals surface area contributed by atoms with Crippen molar-refractivity contribution in [2.24, 2.45) is 0 Å². The first-order chi connectivity index (χ1) is 24.6. The number of aromatic nitrogens is 6. The number of allylic oxidation sites excluding steroid dienone is 2. The van der Waals surface area contributed by atoms with Crippen molar-refractivity contribution in [1.29, 1.82) is 0 Å². The first-order valence-electron chi connectivity index (χ1n) is 16.8. The lowest BCUT2D eigenvalue weighted by Gasteiger charge is -2.36. The van der Waals surface area contributed by atoms with Crippen LogP contribution in [0.3, 0.4) is 0 Å². The minimum atomic E-state index is -5.55. The van der Waals surface area contributed by atoms with Gasteiger partial charge in [0.15, 0.2) is 11.4 Å². The molecule has 20 heteroatoms. The van der Waals surface area contributed by atoms with Crippen molar-refractivity contribution in [3.8, 4) is 5.75 Å². The zero-order valence-corrected chi connectivity index (χ0v) is 29.6. The minimum absolute atomic E-state index is 0.00165. The third-order valence-electron chi connectivity index (χ3n) is 8.79. The van der Waals surface area contributed by atoms with Crippen molar-refractivity contribution in [1.82, 2.24) is 39.3 Å². The molecular formula is C32H43F5N10O5. The average Bonchev–Trinajstić information content (AvgIpc) is 3.57. The molecule has 0 aliphatic carbocycles. The number of aromatic hydroxyl groups is 1. The first-order valence-corrected chi connectivity index (χ1v) is 16.8. The van der Waals surface area contributed by atoms with Gasteiger partial charge in [0.05, 0.1) is 18.9 Å². The van der Waals surface area contributed by atoms with E-state index in [4.69, 9.17) is 9.72 Å². The molecule has 0 aromatic carbocycles. The van der Waals surface area contributed by atoms with Crippen molar-refractivity contribution in [3.05, 3.63) is 45.0 Å². The summed E-state index contributed by atoms with van der Waals surface area (Å²) in [6, 6.07) is 0. The van der Waals surface area contributed by atoms with Crippen molar-refractivity contribution in [3.63, 3.8) is 0 Å². The van der Waals surface area contributed by atoms with Gasteiger partial charge in [0.2, 0.25) is 18.1 Å². The molecule has 15 nitrogen and oxygen atoms in total. The van der Waals surface area contributed by atoms with Gasteiger partial charge in [-0.15, -0.1) is 5.10 Å². The number of alkyl halides is 5. The molecule has 2 N–H and O–H groups in total. The van der Waals surface area contributed by atoms with Crippen LogP contribution in [0.1, 0.15) is 62.4 Å². The largest absolute Gasteiger partial charge is 0.504 e. The van der Waals surface area contributed by atoms with Gasteiger partial charge in [-0.05, 0) is 40.5 Å². The Kier molecular flexibility index (Phi) is 12.8. The summed E-state index contributed by atoms with van der Waals surface area (Å²) >= 11 is 0. The van der Waals surface area contributed by atoms with E-state index in [9.17, 15) is 41.4 Å². The molecule has 2 amide bonds. The fraction of sp³-hybridized carbons (Fsp3) is 0.594. The number of hydrogen-bond acceptors (Lipinski definition) is 11. The maximum atomic E-state index is 13.7. The molecule has 0 saturated carbocycles. The molecule has 52 heavy (non-hydrogen) atoms. The van der Waals surface area contributed by atoms with Crippen LogP contribution < -0.4 is 20.7 Å². The van der Waals surface area contributed by atoms with Crippen molar-refractivity contribution < 1.29 is 41.4 Å². The predicted molar refractivity (Wildman–Crippen MR) is 180 cm³/mol. The van der Waals surface area contributed by atoms with Crippen LogP contribution in [0.5, 0.6) is 5.75 Å². The number of rotatable bonds is 10. The molecule has 2 fully saturated rings. The molecule has 0 radical (unpaired) electrons. The molecule has 5 rings (SSSR count). The van der Waals surface area contributed by atoms with Crippen LogP contribution >= 0.6 is 0 Å². The molecule has 3 aromatic rings. The second-order valence-electron chi connectivity index (χ2n) is 12.3. The maximum absolute atomic E-state index is 13.7. The number of halogens is 5. The number of piperazine rings is 1. The minimum Gasteiger partial charge on any atom is -0.504 e. The quantitative estimate of drug-likeness (QED) is 0.232. The summed E-state index contributed by atoms with van der Waals surface area (Å²) in [7, 11) is 0. The summed E-state index contributed by atoms with van der Waals surface area (Å²) in [5, 5.41) is 16.9. The number of carbonyl (C=O) groups is 2. The molecular weight excluding hydrogens is 699 g/mol. The molecule has 0 spiro atoms. The molecule has 0 bridgehead atoms. The van der Waals surface area contributed by atoms with Gasteiger partial charge in [-0.3, -0.25) is 14.4 Å². The standard InChI is InChI=1S/C23H31N9O4.C9H12F5NO/c1-4-16-18(28-6-8-29(9-7-28)20(34)17-19(33)15(3)24-14-25-17)21(35)32-23(31(16)5-2)26-22(27-32)30-10-12-36-13-11-30;1-6(2)7(15-5-16)3-4-8(10,11)9(12,13)14/h14,33H,4-13H2,1-3H3;5H,3-4H2,1-2H3,(H,15,16). The van der Waals surface area contributed by atoms with Crippen molar-refractivity contribution >= 4 is 29.7 Å². The van der Waals surface area contributed by atoms with Gasteiger partial charge in [0.25, 0.3) is 11.5 Å². The third-order valence-corrected chi connectivity index (χ3v) is 8.79. The summed E-state index contributed by atoms with van der Waals surface area (Å²) in [4.78, 5) is 55.1. The molecule has 5 heterocycles. The fourth-order valence-electron chi connectivity index (χ4n) is 5.85. The number of ether oxygens (including phenoxy) is 1. The molecule has 0 unspecified atom stereocenters. The van der Waals surface area contributed by atoms with Gasteiger partial charge in [-0.2, -0.15) is 31.5 Å². The number of morpholine rings is 1. The Morgan fingerprint density at radius 1 is 1.02 bits per heavy atom. The molecule has 2 aliphatic rings. The highest BCUT2D eigenvalue weighted by Crippen LogP contribution is 2.39. The van der Waals surface area contributed by atoms with E-state index in [1.54, 1.807) is 11.8 Å². The van der Waals surface area contributed by atoms with E-state index in [1.165, 1.54) is 24.7 Å². The van der Waals surface area contributed by atoms with Crippen molar-refractivity contribution in [2.45, 2.75) is 72.5 Å². The lowest BCUT2D eigenvalue weighted by molar-refractivity contribution is -0.284. The van der Waals surface area contributed by atoms with E-state index in [0.29, 0.717) is 94.1 Å². The van der Waals surface area contributed by atoms with Crippen LogP contribution in [0, 0.1) is 6.92 Å². The summed E-state index contributed by atoms with van der Waals surface area (Å²) in [6.45, 7) is 13.7. The fourth-order valence-corrected chi connectivity index (χ4v) is 5.85. The monoisotopic (exact) mass is 742 g/mol. The van der Waals surface area contributed by atoms with Crippen LogP contribution in [0.15, 0.2) is 22.4 Å². The van der Waals surface area contributed by atoms with Gasteiger partial charge >= 0.3 is 12.1 Å². The van der Waals surface area contributed by atoms with Gasteiger partial charge in [0, 0.05) is 63.6 Å². The second-order valence-corrected chi connectivity index (χ2v) is 12.3. The highest BCUT2D eigenvalue weighted by molar-refractivity contribution is 5.95. The van der Waals surface area contributed by atoms with Gasteiger partial charge in [-0.1, -0.05) is 12.5 Å². The topological polar surface area (TPSA) is 163 Å². The second kappa shape index (κ2) is 16.6. The third kappa shape index (κ3) is 8.59. The molecule has 3 aromatic heterocycles. The first kappa shape index (κ1) is 39.9. The van der Waals surface area contributed by atoms with Crippen LogP contribution in [0.25, 0.3) is 5.78 Å². The highest BCUT2D eigenvalue weighted by atomic mass is 19.4. The van der Waals surface area contributed by atoms with Gasteiger partial charge in [0.1, 0.15) is 12.0 Å². The Bertz CT molecular complexity index is 1830. The number of hydrogen-bond donors (Lipinski definition) is 2. The number of carbonyl (C=O) groups excluding carboxylic acids is 2. The summed E-state index contributed by atoms with van der Waals surface area (Å²) in [5.74, 6) is -4.21. The van der Waals surface area contributed by atoms with E-state index in [0.717, 1.165) is 5.69 Å². The lowest BCUT2D eigenvalue weighted by Crippen LogP contribution is -2.51. The average molecular weight is 743 g/mol. The van der Waals surface area contributed by atoms with E-state index in [1.807, 2.05) is 28.2 Å². The van der Waals surface area contributed by atoms with Gasteiger partial charge in [-0.25, -0.2) is 9.97 Å². The zero-order valence-electron chi connectivity index (χ0n) is 29.6. The molecule has 2 aliphatic heterocycles. The number of nitrogens with zero attached hydrogens (tertiary/aromatic N) is 9. The normalized spacial score (nSPS) is 15.3. The zero-order chi connectivity index (χ0) is 38.4. The Hall–Kier alpha value is -4.88. The highest BCUT2D eigenvalue weighted by Gasteiger charge is 2.56. The van der Waals surface area contributed by atoms with E-state index in [-0.39, 0.29) is 35.0 Å². The van der Waals surface area contributed by atoms with Crippen LogP contribution in [0.2, 0.25) is 0 Å². The summed E-state index contributed by atoms with van der Waals surface area (Å²) < 4.78 is 69.4. The number of amides is 2. The molecule has 0 atom stereocenters. The van der Waals surface area contributed by atoms with E-state index in [2.05, 4.69) is 20.4 Å². The van der Waals surface area contributed by atoms with E-state index >= 15 is 0 Å². The van der Waals surface area contributed by atoms with Crippen LogP contribution in [-0.4, -0.2) is 116 Å². The maximum Gasteiger partial charge on any atom is 0.453 e.